The van der Waals surface area contributed by atoms with Gasteiger partial charge in [-0.15, -0.1) is 0 Å². The molecule has 39 heavy (non-hydrogen) atoms. The highest BCUT2D eigenvalue weighted by atomic mass is 35.5. The SMILES string of the molecule is Cc1ccc(CN(C(=O)CN(c2ccc(F)c(Cl)c2)S(=O)(=O)c2ccccc2)[C@H](C)C(=O)NC(C)(C)C)cc1. The average Bonchev–Trinajstić information content (AvgIpc) is 2.87. The van der Waals surface area contributed by atoms with E-state index in [1.165, 1.54) is 23.1 Å². The van der Waals surface area contributed by atoms with Crippen molar-refractivity contribution < 1.29 is 22.4 Å². The molecule has 0 heterocycles. The Bertz CT molecular complexity index is 1430. The standard InChI is InChI=1S/C29H33ClFN3O4S/c1-20-11-13-22(14-12-20)18-33(21(2)28(36)32-29(3,4)5)27(35)19-34(23-15-16-26(31)25(30)17-23)39(37,38)24-9-7-6-8-10-24/h6-17,21H,18-19H2,1-5H3,(H,32,36)/t21-/m1/s1. The van der Waals surface area contributed by atoms with Gasteiger partial charge >= 0.3 is 0 Å². The number of nitrogens with one attached hydrogen (secondary N) is 1. The van der Waals surface area contributed by atoms with Crippen molar-refractivity contribution in [3.63, 3.8) is 0 Å². The van der Waals surface area contributed by atoms with Crippen molar-refractivity contribution in [2.24, 2.45) is 0 Å². The number of sulfonamides is 1. The Morgan fingerprint density at radius 1 is 1.00 bits per heavy atom. The van der Waals surface area contributed by atoms with E-state index in [1.54, 1.807) is 25.1 Å². The summed E-state index contributed by atoms with van der Waals surface area (Å²) in [6, 6.07) is 17.6. The van der Waals surface area contributed by atoms with Crippen LogP contribution >= 0.6 is 11.6 Å². The second-order valence-electron chi connectivity index (χ2n) is 10.3. The molecule has 0 unspecified atom stereocenters. The lowest BCUT2D eigenvalue weighted by Crippen LogP contribution is -2.54. The highest BCUT2D eigenvalue weighted by Gasteiger charge is 2.33. The molecule has 2 amide bonds. The highest BCUT2D eigenvalue weighted by molar-refractivity contribution is 7.92. The van der Waals surface area contributed by atoms with Crippen LogP contribution in [0.5, 0.6) is 0 Å². The van der Waals surface area contributed by atoms with Crippen LogP contribution < -0.4 is 9.62 Å². The normalized spacial score (nSPS) is 12.5. The van der Waals surface area contributed by atoms with E-state index in [0.29, 0.717) is 0 Å². The van der Waals surface area contributed by atoms with Crippen LogP contribution in [0, 0.1) is 12.7 Å². The van der Waals surface area contributed by atoms with E-state index >= 15 is 0 Å². The molecule has 0 radical (unpaired) electrons. The number of nitrogens with zero attached hydrogens (tertiary/aromatic N) is 2. The fraction of sp³-hybridized carbons (Fsp3) is 0.310. The smallest absolute Gasteiger partial charge is 0.264 e. The summed E-state index contributed by atoms with van der Waals surface area (Å²) in [5, 5.41) is 2.59. The maximum absolute atomic E-state index is 14.0. The number of rotatable bonds is 9. The number of carbonyl (C=O) groups is 2. The summed E-state index contributed by atoms with van der Waals surface area (Å²) in [7, 11) is -4.26. The lowest BCUT2D eigenvalue weighted by molar-refractivity contribution is -0.140. The maximum atomic E-state index is 14.0. The molecular weight excluding hydrogens is 541 g/mol. The number of aryl methyl sites for hydroxylation is 1. The molecule has 1 N–H and O–H groups in total. The van der Waals surface area contributed by atoms with Crippen LogP contribution in [0.2, 0.25) is 5.02 Å². The van der Waals surface area contributed by atoms with Crippen molar-refractivity contribution in [1.29, 1.82) is 0 Å². The summed E-state index contributed by atoms with van der Waals surface area (Å²) >= 11 is 5.98. The predicted molar refractivity (Wildman–Crippen MR) is 151 cm³/mol. The molecule has 1 atom stereocenters. The molecule has 3 rings (SSSR count). The van der Waals surface area contributed by atoms with Gasteiger partial charge < -0.3 is 10.2 Å². The van der Waals surface area contributed by atoms with Crippen molar-refractivity contribution >= 4 is 39.1 Å². The van der Waals surface area contributed by atoms with E-state index in [4.69, 9.17) is 11.6 Å². The Kier molecular flexibility index (Phi) is 9.40. The summed E-state index contributed by atoms with van der Waals surface area (Å²) in [6.07, 6.45) is 0. The van der Waals surface area contributed by atoms with E-state index in [0.717, 1.165) is 27.6 Å². The Labute approximate surface area is 234 Å². The first-order valence-electron chi connectivity index (χ1n) is 12.4. The van der Waals surface area contributed by atoms with Crippen LogP contribution in [0.1, 0.15) is 38.8 Å². The fourth-order valence-corrected chi connectivity index (χ4v) is 5.44. The van der Waals surface area contributed by atoms with Crippen LogP contribution in [0.15, 0.2) is 77.7 Å². The topological polar surface area (TPSA) is 86.8 Å². The summed E-state index contributed by atoms with van der Waals surface area (Å²) in [5.74, 6) is -1.73. The van der Waals surface area contributed by atoms with Gasteiger partial charge in [-0.05, 0) is 70.5 Å². The maximum Gasteiger partial charge on any atom is 0.264 e. The van der Waals surface area contributed by atoms with Gasteiger partial charge in [-0.3, -0.25) is 13.9 Å². The van der Waals surface area contributed by atoms with Crippen LogP contribution in [0.3, 0.4) is 0 Å². The van der Waals surface area contributed by atoms with Crippen molar-refractivity contribution in [2.75, 3.05) is 10.8 Å². The zero-order chi connectivity index (χ0) is 29.0. The molecule has 208 valence electrons. The molecule has 10 heteroatoms. The van der Waals surface area contributed by atoms with Crippen LogP contribution in [-0.4, -0.2) is 43.3 Å². The molecule has 0 saturated heterocycles. The first kappa shape index (κ1) is 30.1. The van der Waals surface area contributed by atoms with Gasteiger partial charge in [-0.25, -0.2) is 12.8 Å². The predicted octanol–water partition coefficient (Wildman–Crippen LogP) is 5.31. The van der Waals surface area contributed by atoms with Crippen LogP contribution in [0.25, 0.3) is 0 Å². The third-order valence-corrected chi connectivity index (χ3v) is 8.02. The van der Waals surface area contributed by atoms with Gasteiger partial charge in [-0.1, -0.05) is 59.6 Å². The number of anilines is 1. The lowest BCUT2D eigenvalue weighted by Gasteiger charge is -2.33. The van der Waals surface area contributed by atoms with Gasteiger partial charge in [0.1, 0.15) is 18.4 Å². The van der Waals surface area contributed by atoms with E-state index < -0.39 is 39.9 Å². The zero-order valence-corrected chi connectivity index (χ0v) is 24.2. The Hall–Kier alpha value is -3.43. The van der Waals surface area contributed by atoms with Crippen LogP contribution in [-0.2, 0) is 26.2 Å². The summed E-state index contributed by atoms with van der Waals surface area (Å²) in [4.78, 5) is 28.3. The first-order valence-corrected chi connectivity index (χ1v) is 14.2. The highest BCUT2D eigenvalue weighted by Crippen LogP contribution is 2.28. The zero-order valence-electron chi connectivity index (χ0n) is 22.6. The van der Waals surface area contributed by atoms with E-state index in [2.05, 4.69) is 5.32 Å². The number of benzene rings is 3. The second kappa shape index (κ2) is 12.2. The molecular formula is C29H33ClFN3O4S. The monoisotopic (exact) mass is 573 g/mol. The molecule has 0 aromatic heterocycles. The Balaban J connectivity index is 2.04. The van der Waals surface area contributed by atoms with Crippen molar-refractivity contribution in [3.8, 4) is 0 Å². The van der Waals surface area contributed by atoms with Gasteiger partial charge in [-0.2, -0.15) is 0 Å². The van der Waals surface area contributed by atoms with E-state index in [-0.39, 0.29) is 28.1 Å². The molecule has 3 aromatic rings. The lowest BCUT2D eigenvalue weighted by atomic mass is 10.1. The fourth-order valence-electron chi connectivity index (χ4n) is 3.84. The number of hydrogen-bond acceptors (Lipinski definition) is 4. The minimum Gasteiger partial charge on any atom is -0.350 e. The third-order valence-electron chi connectivity index (χ3n) is 5.94. The second-order valence-corrected chi connectivity index (χ2v) is 12.6. The van der Waals surface area contributed by atoms with Gasteiger partial charge in [0, 0.05) is 12.1 Å². The summed E-state index contributed by atoms with van der Waals surface area (Å²) < 4.78 is 42.3. The van der Waals surface area contributed by atoms with Crippen molar-refractivity contribution in [1.82, 2.24) is 10.2 Å². The summed E-state index contributed by atoms with van der Waals surface area (Å²) in [6.45, 7) is 8.45. The molecule has 0 saturated carbocycles. The molecule has 3 aromatic carbocycles. The van der Waals surface area contributed by atoms with Gasteiger partial charge in [0.05, 0.1) is 15.6 Å². The number of hydrogen-bond donors (Lipinski definition) is 1. The molecule has 0 fully saturated rings. The van der Waals surface area contributed by atoms with Gasteiger partial charge in [0.25, 0.3) is 10.0 Å². The van der Waals surface area contributed by atoms with Crippen molar-refractivity contribution in [3.05, 3.63) is 94.8 Å². The molecule has 7 nitrogen and oxygen atoms in total. The number of amides is 2. The van der Waals surface area contributed by atoms with E-state index in [1.807, 2.05) is 52.0 Å². The van der Waals surface area contributed by atoms with E-state index in [9.17, 15) is 22.4 Å². The third kappa shape index (κ3) is 7.80. The number of halogens is 2. The Morgan fingerprint density at radius 3 is 2.18 bits per heavy atom. The molecule has 0 bridgehead atoms. The molecule has 0 aliphatic rings. The number of carbonyl (C=O) groups excluding carboxylic acids is 2. The van der Waals surface area contributed by atoms with Crippen LogP contribution in [0.4, 0.5) is 10.1 Å². The summed E-state index contributed by atoms with van der Waals surface area (Å²) in [5.41, 5.74) is 1.27. The Morgan fingerprint density at radius 2 is 1.62 bits per heavy atom. The first-order chi connectivity index (χ1) is 18.2. The largest absolute Gasteiger partial charge is 0.350 e. The van der Waals surface area contributed by atoms with Gasteiger partial charge in [0.2, 0.25) is 11.8 Å². The average molecular weight is 574 g/mol. The molecule has 0 spiro atoms. The molecule has 0 aliphatic heterocycles. The quantitative estimate of drug-likeness (QED) is 0.376. The van der Waals surface area contributed by atoms with Crippen molar-refractivity contribution in [2.45, 2.75) is 57.6 Å². The minimum absolute atomic E-state index is 0.0145. The minimum atomic E-state index is -4.26. The molecule has 0 aliphatic carbocycles. The van der Waals surface area contributed by atoms with Gasteiger partial charge in [0.15, 0.2) is 0 Å².